The molecule has 0 aliphatic heterocycles. The molecule has 0 spiro atoms. The highest BCUT2D eigenvalue weighted by Gasteiger charge is 2.10. The summed E-state index contributed by atoms with van der Waals surface area (Å²) in [5, 5.41) is 7.46. The molecule has 1 aromatic heterocycles. The largest absolute Gasteiger partial charge is 0.383 e. The summed E-state index contributed by atoms with van der Waals surface area (Å²) in [5.74, 6) is 0. The standard InChI is InChI=1S/C9H17N3O/c1-4-10-9(7-13-3)8-5-11-12(2)6-8/h5-6,9-10H,4,7H2,1-3H3. The van der Waals surface area contributed by atoms with Crippen LogP contribution in [0.3, 0.4) is 0 Å². The number of methoxy groups -OCH3 is 1. The van der Waals surface area contributed by atoms with E-state index < -0.39 is 0 Å². The summed E-state index contributed by atoms with van der Waals surface area (Å²) in [6.07, 6.45) is 3.87. The first-order chi connectivity index (χ1) is 6.27. The molecule has 0 saturated heterocycles. The van der Waals surface area contributed by atoms with Crippen LogP contribution in [-0.4, -0.2) is 30.0 Å². The van der Waals surface area contributed by atoms with Crippen LogP contribution in [0.5, 0.6) is 0 Å². The zero-order chi connectivity index (χ0) is 9.68. The molecular weight excluding hydrogens is 166 g/mol. The molecule has 0 amide bonds. The van der Waals surface area contributed by atoms with E-state index in [9.17, 15) is 0 Å². The van der Waals surface area contributed by atoms with E-state index in [0.717, 1.165) is 6.54 Å². The Morgan fingerprint density at radius 1 is 1.69 bits per heavy atom. The summed E-state index contributed by atoms with van der Waals surface area (Å²) in [5.41, 5.74) is 1.17. The van der Waals surface area contributed by atoms with Crippen molar-refractivity contribution in [2.24, 2.45) is 7.05 Å². The lowest BCUT2D eigenvalue weighted by molar-refractivity contribution is 0.168. The Morgan fingerprint density at radius 2 is 2.46 bits per heavy atom. The summed E-state index contributed by atoms with van der Waals surface area (Å²) in [6.45, 7) is 3.70. The zero-order valence-corrected chi connectivity index (χ0v) is 8.45. The molecule has 1 unspecified atom stereocenters. The number of nitrogens with zero attached hydrogens (tertiary/aromatic N) is 2. The Morgan fingerprint density at radius 3 is 2.92 bits per heavy atom. The highest BCUT2D eigenvalue weighted by atomic mass is 16.5. The molecule has 0 fully saturated rings. The summed E-state index contributed by atoms with van der Waals surface area (Å²) in [6, 6.07) is 0.253. The fraction of sp³-hybridized carbons (Fsp3) is 0.667. The number of hydrogen-bond acceptors (Lipinski definition) is 3. The quantitative estimate of drug-likeness (QED) is 0.731. The summed E-state index contributed by atoms with van der Waals surface area (Å²) >= 11 is 0. The molecule has 0 saturated carbocycles. The Labute approximate surface area is 78.9 Å². The van der Waals surface area contributed by atoms with Crippen molar-refractivity contribution in [3.63, 3.8) is 0 Å². The van der Waals surface area contributed by atoms with Crippen LogP contribution in [0.15, 0.2) is 12.4 Å². The minimum atomic E-state index is 0.253. The molecule has 0 aliphatic carbocycles. The van der Waals surface area contributed by atoms with E-state index in [1.807, 2.05) is 19.4 Å². The zero-order valence-electron chi connectivity index (χ0n) is 8.45. The normalized spacial score (nSPS) is 13.2. The van der Waals surface area contributed by atoms with Crippen molar-refractivity contribution in [3.8, 4) is 0 Å². The second-order valence-corrected chi connectivity index (χ2v) is 3.01. The lowest BCUT2D eigenvalue weighted by Crippen LogP contribution is -2.24. The molecule has 0 bridgehead atoms. The Balaban J connectivity index is 2.63. The van der Waals surface area contributed by atoms with Gasteiger partial charge in [0.2, 0.25) is 0 Å². The molecule has 13 heavy (non-hydrogen) atoms. The molecule has 1 heterocycles. The van der Waals surface area contributed by atoms with Crippen molar-refractivity contribution >= 4 is 0 Å². The predicted molar refractivity (Wildman–Crippen MR) is 51.5 cm³/mol. The van der Waals surface area contributed by atoms with Gasteiger partial charge in [-0.25, -0.2) is 0 Å². The van der Waals surface area contributed by atoms with E-state index in [1.54, 1.807) is 11.8 Å². The number of hydrogen-bond donors (Lipinski definition) is 1. The number of rotatable bonds is 5. The van der Waals surface area contributed by atoms with Gasteiger partial charge in [-0.15, -0.1) is 0 Å². The van der Waals surface area contributed by atoms with Crippen molar-refractivity contribution in [2.75, 3.05) is 20.3 Å². The third-order valence-electron chi connectivity index (χ3n) is 1.91. The van der Waals surface area contributed by atoms with Crippen molar-refractivity contribution in [3.05, 3.63) is 18.0 Å². The number of nitrogens with one attached hydrogen (secondary N) is 1. The van der Waals surface area contributed by atoms with Gasteiger partial charge >= 0.3 is 0 Å². The summed E-state index contributed by atoms with van der Waals surface area (Å²) < 4.78 is 6.92. The lowest BCUT2D eigenvalue weighted by atomic mass is 10.2. The second kappa shape index (κ2) is 4.99. The molecule has 1 rings (SSSR count). The number of ether oxygens (including phenoxy) is 1. The highest BCUT2D eigenvalue weighted by molar-refractivity contribution is 5.10. The first-order valence-corrected chi connectivity index (χ1v) is 4.48. The molecule has 74 valence electrons. The van der Waals surface area contributed by atoms with Crippen LogP contribution in [0, 0.1) is 0 Å². The minimum Gasteiger partial charge on any atom is -0.383 e. The minimum absolute atomic E-state index is 0.253. The SMILES string of the molecule is CCNC(COC)c1cnn(C)c1. The first kappa shape index (κ1) is 10.2. The molecule has 1 aromatic rings. The molecule has 0 radical (unpaired) electrons. The van der Waals surface area contributed by atoms with Gasteiger partial charge in [-0.2, -0.15) is 5.10 Å². The Bertz CT molecular complexity index is 241. The molecule has 1 atom stereocenters. The van der Waals surface area contributed by atoms with Crippen LogP contribution in [0.1, 0.15) is 18.5 Å². The van der Waals surface area contributed by atoms with Crippen LogP contribution in [0.2, 0.25) is 0 Å². The van der Waals surface area contributed by atoms with Gasteiger partial charge in [0, 0.05) is 25.9 Å². The van der Waals surface area contributed by atoms with Crippen molar-refractivity contribution in [1.29, 1.82) is 0 Å². The van der Waals surface area contributed by atoms with Gasteiger partial charge in [-0.05, 0) is 6.54 Å². The van der Waals surface area contributed by atoms with Gasteiger partial charge in [-0.1, -0.05) is 6.92 Å². The van der Waals surface area contributed by atoms with Crippen LogP contribution >= 0.6 is 0 Å². The van der Waals surface area contributed by atoms with Crippen molar-refractivity contribution < 1.29 is 4.74 Å². The number of likely N-dealkylation sites (N-methyl/N-ethyl adjacent to an activating group) is 1. The summed E-state index contributed by atoms with van der Waals surface area (Å²) in [7, 11) is 3.63. The van der Waals surface area contributed by atoms with E-state index in [0.29, 0.717) is 6.61 Å². The van der Waals surface area contributed by atoms with Crippen molar-refractivity contribution in [2.45, 2.75) is 13.0 Å². The van der Waals surface area contributed by atoms with Crippen LogP contribution in [0.25, 0.3) is 0 Å². The molecular formula is C9H17N3O. The molecule has 0 aliphatic rings. The smallest absolute Gasteiger partial charge is 0.0658 e. The molecule has 4 heteroatoms. The van der Waals surface area contributed by atoms with E-state index in [-0.39, 0.29) is 6.04 Å². The van der Waals surface area contributed by atoms with Gasteiger partial charge in [0.1, 0.15) is 0 Å². The predicted octanol–water partition coefficient (Wildman–Crippen LogP) is 0.717. The molecule has 1 N–H and O–H groups in total. The van der Waals surface area contributed by atoms with Crippen molar-refractivity contribution in [1.82, 2.24) is 15.1 Å². The van der Waals surface area contributed by atoms with Gasteiger partial charge in [0.05, 0.1) is 18.8 Å². The van der Waals surface area contributed by atoms with E-state index in [1.165, 1.54) is 5.56 Å². The maximum atomic E-state index is 5.12. The second-order valence-electron chi connectivity index (χ2n) is 3.01. The monoisotopic (exact) mass is 183 g/mol. The highest BCUT2D eigenvalue weighted by Crippen LogP contribution is 2.11. The van der Waals surface area contributed by atoms with Crippen LogP contribution in [-0.2, 0) is 11.8 Å². The van der Waals surface area contributed by atoms with E-state index >= 15 is 0 Å². The molecule has 0 aromatic carbocycles. The average molecular weight is 183 g/mol. The number of aryl methyl sites for hydroxylation is 1. The van der Waals surface area contributed by atoms with Gasteiger partial charge in [0.25, 0.3) is 0 Å². The van der Waals surface area contributed by atoms with Gasteiger partial charge in [-0.3, -0.25) is 4.68 Å². The number of aromatic nitrogens is 2. The lowest BCUT2D eigenvalue weighted by Gasteiger charge is -2.14. The van der Waals surface area contributed by atoms with Crippen LogP contribution < -0.4 is 5.32 Å². The average Bonchev–Trinajstić information content (AvgIpc) is 2.51. The third kappa shape index (κ3) is 2.82. The third-order valence-corrected chi connectivity index (χ3v) is 1.91. The van der Waals surface area contributed by atoms with Gasteiger partial charge in [0.15, 0.2) is 0 Å². The van der Waals surface area contributed by atoms with Gasteiger partial charge < -0.3 is 10.1 Å². The topological polar surface area (TPSA) is 39.1 Å². The van der Waals surface area contributed by atoms with Crippen LogP contribution in [0.4, 0.5) is 0 Å². The Hall–Kier alpha value is -0.870. The maximum Gasteiger partial charge on any atom is 0.0658 e. The Kier molecular flexibility index (Phi) is 3.92. The van der Waals surface area contributed by atoms with E-state index in [2.05, 4.69) is 17.3 Å². The fourth-order valence-electron chi connectivity index (χ4n) is 1.31. The van der Waals surface area contributed by atoms with E-state index in [4.69, 9.17) is 4.74 Å². The molecule has 4 nitrogen and oxygen atoms in total. The first-order valence-electron chi connectivity index (χ1n) is 4.48. The fourth-order valence-corrected chi connectivity index (χ4v) is 1.31. The maximum absolute atomic E-state index is 5.12. The summed E-state index contributed by atoms with van der Waals surface area (Å²) in [4.78, 5) is 0.